The van der Waals surface area contributed by atoms with Gasteiger partial charge in [-0.15, -0.1) is 11.8 Å². The predicted octanol–water partition coefficient (Wildman–Crippen LogP) is 6.01. The minimum atomic E-state index is -2.45. The van der Waals surface area contributed by atoms with Crippen molar-refractivity contribution in [3.63, 3.8) is 0 Å². The van der Waals surface area contributed by atoms with E-state index in [9.17, 15) is 36.7 Å². The van der Waals surface area contributed by atoms with Crippen LogP contribution in [0.2, 0.25) is 0 Å². The Morgan fingerprint density at radius 2 is 1.65 bits per heavy atom. The number of Topliss-reactive ketones (excluding diaryl/α,β-unsaturated/α-hetero) is 1. The summed E-state index contributed by atoms with van der Waals surface area (Å²) in [5.74, 6) is -8.53. The molecule has 1 aliphatic carbocycles. The van der Waals surface area contributed by atoms with Crippen LogP contribution in [0.5, 0.6) is 0 Å². The highest BCUT2D eigenvalue weighted by Gasteiger charge is 2.41. The lowest BCUT2D eigenvalue weighted by Crippen LogP contribution is -2.32. The molecule has 0 N–H and O–H groups in total. The summed E-state index contributed by atoms with van der Waals surface area (Å²) < 4.78 is 70.8. The molecule has 0 saturated carbocycles. The smallest absolute Gasteiger partial charge is 0.313 e. The summed E-state index contributed by atoms with van der Waals surface area (Å²) in [5.41, 5.74) is 0.962. The van der Waals surface area contributed by atoms with Gasteiger partial charge in [0, 0.05) is 31.7 Å². The fraction of sp³-hybridized carbons (Fsp3) is 0.667. The maximum absolute atomic E-state index is 14.2. The van der Waals surface area contributed by atoms with Crippen LogP contribution in [0.4, 0.5) is 17.6 Å². The van der Waals surface area contributed by atoms with Gasteiger partial charge in [-0.25, -0.2) is 13.2 Å². The number of carbonyl (C=O) groups is 4. The Balaban J connectivity index is 1.48. The molecule has 3 atom stereocenters. The van der Waals surface area contributed by atoms with Crippen LogP contribution in [0.15, 0.2) is 35.4 Å². The van der Waals surface area contributed by atoms with Gasteiger partial charge >= 0.3 is 5.97 Å². The maximum Gasteiger partial charge on any atom is 0.313 e. The molecule has 3 unspecified atom stereocenters. The van der Waals surface area contributed by atoms with Crippen molar-refractivity contribution in [2.75, 3.05) is 38.7 Å². The van der Waals surface area contributed by atoms with Gasteiger partial charge in [0.05, 0.1) is 37.4 Å². The van der Waals surface area contributed by atoms with Crippen LogP contribution in [0, 0.1) is 5.92 Å². The third-order valence-electron chi connectivity index (χ3n) is 7.01. The van der Waals surface area contributed by atoms with Crippen LogP contribution in [0.1, 0.15) is 71.6 Å². The molecule has 2 rings (SSSR count). The first-order valence-corrected chi connectivity index (χ1v) is 15.6. The van der Waals surface area contributed by atoms with E-state index in [0.29, 0.717) is 31.7 Å². The molecule has 0 aromatic heterocycles. The Bertz CT molecular complexity index is 1080. The molecule has 1 heterocycles. The number of amides is 2. The largest absolute Gasteiger partial charge is 0.420 e. The highest BCUT2D eigenvalue weighted by Crippen LogP contribution is 2.40. The first-order chi connectivity index (χ1) is 20.5. The van der Waals surface area contributed by atoms with Crippen molar-refractivity contribution in [1.82, 2.24) is 4.90 Å². The van der Waals surface area contributed by atoms with Crippen molar-refractivity contribution in [3.05, 3.63) is 35.4 Å². The van der Waals surface area contributed by atoms with E-state index >= 15 is 0 Å². The van der Waals surface area contributed by atoms with E-state index in [2.05, 4.69) is 11.3 Å². The molecule has 2 aliphatic rings. The van der Waals surface area contributed by atoms with Crippen molar-refractivity contribution >= 4 is 35.3 Å². The number of likely N-dealkylation sites (tertiary alicyclic amines) is 1. The van der Waals surface area contributed by atoms with E-state index in [-0.39, 0.29) is 56.7 Å². The molecule has 8 nitrogen and oxygen atoms in total. The third kappa shape index (κ3) is 11.8. The van der Waals surface area contributed by atoms with E-state index < -0.39 is 46.5 Å². The third-order valence-corrected chi connectivity index (χ3v) is 8.22. The normalized spacial score (nSPS) is 20.8. The number of halogens is 4. The number of hydrogen-bond donors (Lipinski definition) is 0. The number of hydrogen-bond acceptors (Lipinski definition) is 8. The number of alkyl halides is 1. The van der Waals surface area contributed by atoms with E-state index in [0.717, 1.165) is 31.3 Å². The molecule has 0 aromatic carbocycles. The SMILES string of the molecule is C=C(CCCCCOCCOCCC(=O)OC1=C(F)C(CC)C(F)C(F)=C1F)CCN1C(=O)CC(SCCC(C)=O)C1=O. The van der Waals surface area contributed by atoms with E-state index in [1.165, 1.54) is 30.5 Å². The van der Waals surface area contributed by atoms with Gasteiger partial charge in [-0.3, -0.25) is 24.1 Å². The predicted molar refractivity (Wildman–Crippen MR) is 154 cm³/mol. The minimum Gasteiger partial charge on any atom is -0.420 e. The summed E-state index contributed by atoms with van der Waals surface area (Å²) in [6, 6.07) is 0. The molecule has 13 heteroatoms. The molecule has 0 bridgehead atoms. The first kappa shape index (κ1) is 36.7. The van der Waals surface area contributed by atoms with Crippen molar-refractivity contribution in [2.45, 2.75) is 83.1 Å². The number of thioether (sulfide) groups is 1. The van der Waals surface area contributed by atoms with Crippen LogP contribution in [0.25, 0.3) is 0 Å². The highest BCUT2D eigenvalue weighted by atomic mass is 32.2. The summed E-state index contributed by atoms with van der Waals surface area (Å²) in [7, 11) is 0. The molecule has 1 fully saturated rings. The number of imide groups is 1. The van der Waals surface area contributed by atoms with Crippen LogP contribution in [-0.2, 0) is 33.4 Å². The fourth-order valence-corrected chi connectivity index (χ4v) is 5.66. The van der Waals surface area contributed by atoms with Gasteiger partial charge in [-0.05, 0) is 39.0 Å². The number of esters is 1. The molecule has 2 amide bonds. The Morgan fingerprint density at radius 1 is 0.953 bits per heavy atom. The van der Waals surface area contributed by atoms with Gasteiger partial charge in [0.2, 0.25) is 23.4 Å². The first-order valence-electron chi connectivity index (χ1n) is 14.5. The molecule has 0 aromatic rings. The lowest BCUT2D eigenvalue weighted by Gasteiger charge is -2.23. The number of allylic oxidation sites excluding steroid dienone is 3. The summed E-state index contributed by atoms with van der Waals surface area (Å²) in [5, 5.41) is -0.408. The standard InChI is InChI=1S/C30H41F4NO7S/c1-4-21-25(31)27(33)28(34)29(26(21)32)42-24(38)10-14-41-16-15-40-13-7-5-6-8-19(2)9-12-35-23(37)18-22(30(35)39)43-17-11-20(3)36/h21-22,25H,2,4-18H2,1,3H3. The zero-order chi connectivity index (χ0) is 31.9. The van der Waals surface area contributed by atoms with E-state index in [4.69, 9.17) is 9.47 Å². The Labute approximate surface area is 254 Å². The average molecular weight is 636 g/mol. The van der Waals surface area contributed by atoms with Crippen molar-refractivity contribution in [1.29, 1.82) is 0 Å². The second-order valence-corrected chi connectivity index (χ2v) is 11.7. The number of nitrogens with zero attached hydrogens (tertiary/aromatic N) is 1. The van der Waals surface area contributed by atoms with Gasteiger partial charge in [0.25, 0.3) is 0 Å². The number of rotatable bonds is 21. The average Bonchev–Trinajstić information content (AvgIpc) is 3.23. The Kier molecular flexibility index (Phi) is 16.2. The van der Waals surface area contributed by atoms with E-state index in [1.54, 1.807) is 0 Å². The highest BCUT2D eigenvalue weighted by molar-refractivity contribution is 8.00. The zero-order valence-electron chi connectivity index (χ0n) is 24.8. The second-order valence-electron chi connectivity index (χ2n) is 10.4. The summed E-state index contributed by atoms with van der Waals surface area (Å²) in [4.78, 5) is 49.0. The topological polar surface area (TPSA) is 99.2 Å². The van der Waals surface area contributed by atoms with Gasteiger partial charge in [-0.2, -0.15) is 4.39 Å². The van der Waals surface area contributed by atoms with Gasteiger partial charge in [0.15, 0.2) is 17.8 Å². The molecule has 1 aliphatic heterocycles. The van der Waals surface area contributed by atoms with Gasteiger partial charge in [0.1, 0.15) is 5.78 Å². The summed E-state index contributed by atoms with van der Waals surface area (Å²) in [6.45, 7) is 8.11. The van der Waals surface area contributed by atoms with Crippen molar-refractivity contribution in [3.8, 4) is 0 Å². The van der Waals surface area contributed by atoms with Crippen LogP contribution >= 0.6 is 11.8 Å². The van der Waals surface area contributed by atoms with Crippen LogP contribution in [0.3, 0.4) is 0 Å². The Morgan fingerprint density at radius 3 is 2.33 bits per heavy atom. The van der Waals surface area contributed by atoms with Crippen LogP contribution < -0.4 is 0 Å². The fourth-order valence-electron chi connectivity index (χ4n) is 4.44. The Hall–Kier alpha value is -2.51. The molecule has 0 spiro atoms. The quantitative estimate of drug-likeness (QED) is 0.0498. The molecule has 0 radical (unpaired) electrons. The second kappa shape index (κ2) is 19.0. The number of ether oxygens (including phenoxy) is 3. The summed E-state index contributed by atoms with van der Waals surface area (Å²) >= 11 is 1.36. The molecular formula is C30H41F4NO7S. The van der Waals surface area contributed by atoms with Crippen molar-refractivity contribution in [2.24, 2.45) is 5.92 Å². The maximum atomic E-state index is 14.2. The summed E-state index contributed by atoms with van der Waals surface area (Å²) in [6.07, 6.45) is 1.53. The van der Waals surface area contributed by atoms with Crippen molar-refractivity contribution < 1.29 is 51.0 Å². The molecule has 43 heavy (non-hydrogen) atoms. The lowest BCUT2D eigenvalue weighted by atomic mass is 9.92. The molecule has 242 valence electrons. The number of unbranched alkanes of at least 4 members (excludes halogenated alkanes) is 2. The number of ketones is 1. The minimum absolute atomic E-state index is 0.0589. The monoisotopic (exact) mass is 635 g/mol. The van der Waals surface area contributed by atoms with Gasteiger partial charge in [-0.1, -0.05) is 25.5 Å². The number of carbonyl (C=O) groups excluding carboxylic acids is 4. The van der Waals surface area contributed by atoms with Gasteiger partial charge < -0.3 is 14.2 Å². The molecular weight excluding hydrogens is 594 g/mol. The van der Waals surface area contributed by atoms with Crippen LogP contribution in [-0.4, -0.2) is 78.6 Å². The zero-order valence-corrected chi connectivity index (χ0v) is 25.6. The van der Waals surface area contributed by atoms with E-state index in [1.807, 2.05) is 0 Å². The molecule has 1 saturated heterocycles. The lowest BCUT2D eigenvalue weighted by molar-refractivity contribution is -0.141.